The van der Waals surface area contributed by atoms with Crippen LogP contribution in [0.1, 0.15) is 82.3 Å². The molecule has 9 heteroatoms. The lowest BCUT2D eigenvalue weighted by atomic mass is 10.1. The zero-order valence-corrected chi connectivity index (χ0v) is 24.8. The van der Waals surface area contributed by atoms with E-state index in [0.29, 0.717) is 27.2 Å². The number of ether oxygens (including phenoxy) is 1. The lowest BCUT2D eigenvalue weighted by molar-refractivity contribution is -0.122. The zero-order valence-electron chi connectivity index (χ0n) is 23.2. The molecule has 0 radical (unpaired) electrons. The Morgan fingerprint density at radius 1 is 0.975 bits per heavy atom. The molecule has 1 amide bonds. The minimum absolute atomic E-state index is 0.0471. The fraction of sp³-hybridized carbons (Fsp3) is 0.419. The van der Waals surface area contributed by atoms with E-state index in [-0.39, 0.29) is 22.9 Å². The molecule has 0 atom stereocenters. The van der Waals surface area contributed by atoms with Crippen LogP contribution in [0.4, 0.5) is 4.39 Å². The maximum absolute atomic E-state index is 13.5. The molecule has 1 aliphatic heterocycles. The molecule has 1 aliphatic rings. The second-order valence-electron chi connectivity index (χ2n) is 10.1. The van der Waals surface area contributed by atoms with Crippen LogP contribution >= 0.6 is 24.0 Å². The van der Waals surface area contributed by atoms with Crippen molar-refractivity contribution in [3.05, 3.63) is 74.8 Å². The number of thiocarbonyl (C=S) groups is 1. The number of hydrogen-bond acceptors (Lipinski definition) is 6. The van der Waals surface area contributed by atoms with Crippen molar-refractivity contribution in [1.29, 1.82) is 0 Å². The molecule has 212 valence electrons. The number of pyridine rings is 1. The number of hydrogen-bond donors (Lipinski definition) is 0. The van der Waals surface area contributed by atoms with Gasteiger partial charge in [0.25, 0.3) is 11.5 Å². The molecular weight excluding hydrogens is 545 g/mol. The van der Waals surface area contributed by atoms with Crippen molar-refractivity contribution < 1.29 is 13.9 Å². The van der Waals surface area contributed by atoms with E-state index < -0.39 is 5.82 Å². The summed E-state index contributed by atoms with van der Waals surface area (Å²) in [6.07, 6.45) is 15.3. The Labute approximate surface area is 244 Å². The molecule has 0 N–H and O–H groups in total. The van der Waals surface area contributed by atoms with E-state index >= 15 is 0 Å². The highest BCUT2D eigenvalue weighted by Crippen LogP contribution is 2.34. The molecule has 2 aromatic heterocycles. The Balaban J connectivity index is 1.47. The average Bonchev–Trinajstić information content (AvgIpc) is 3.21. The van der Waals surface area contributed by atoms with Gasteiger partial charge in [-0.2, -0.15) is 4.98 Å². The van der Waals surface area contributed by atoms with Crippen LogP contribution < -0.4 is 10.3 Å². The van der Waals surface area contributed by atoms with E-state index in [4.69, 9.17) is 17.0 Å². The number of unbranched alkanes of at least 4 members (excludes halogenated alkanes) is 9. The van der Waals surface area contributed by atoms with Crippen molar-refractivity contribution in [3.63, 3.8) is 0 Å². The van der Waals surface area contributed by atoms with Crippen molar-refractivity contribution in [2.45, 2.75) is 78.1 Å². The number of amides is 1. The number of aromatic nitrogens is 2. The van der Waals surface area contributed by atoms with Gasteiger partial charge in [-0.05, 0) is 55.3 Å². The molecule has 4 rings (SSSR count). The molecule has 0 aliphatic carbocycles. The summed E-state index contributed by atoms with van der Waals surface area (Å²) in [4.78, 5) is 33.4. The average molecular weight is 582 g/mol. The summed E-state index contributed by atoms with van der Waals surface area (Å²) in [6.45, 7) is 4.64. The number of thioether (sulfide) groups is 1. The van der Waals surface area contributed by atoms with E-state index in [0.717, 1.165) is 24.8 Å². The molecule has 1 saturated heterocycles. The maximum Gasteiger partial charge on any atom is 0.269 e. The molecule has 40 heavy (non-hydrogen) atoms. The standard InChI is InChI=1S/C31H36FN3O3S2/c1-3-4-5-6-7-8-9-10-11-12-19-35-30(37)26(40-31(35)39)21-25-28(38-24-17-15-23(32)16-18-24)33-27-22(2)14-13-20-34(27)29(25)36/h13-18,20-21H,3-12,19H2,1-2H3/b26-21+. The number of carbonyl (C=O) groups excluding carboxylic acids is 1. The fourth-order valence-electron chi connectivity index (χ4n) is 4.69. The first-order valence-electron chi connectivity index (χ1n) is 14.1. The van der Waals surface area contributed by atoms with Crippen molar-refractivity contribution in [1.82, 2.24) is 14.3 Å². The third-order valence-electron chi connectivity index (χ3n) is 6.96. The first-order valence-corrected chi connectivity index (χ1v) is 15.3. The largest absolute Gasteiger partial charge is 0.438 e. The molecule has 0 spiro atoms. The summed E-state index contributed by atoms with van der Waals surface area (Å²) in [5.74, 6) is -0.242. The monoisotopic (exact) mass is 581 g/mol. The van der Waals surface area contributed by atoms with Gasteiger partial charge in [0.15, 0.2) is 0 Å². The van der Waals surface area contributed by atoms with Gasteiger partial charge in [-0.25, -0.2) is 4.39 Å². The molecule has 3 aromatic rings. The van der Waals surface area contributed by atoms with E-state index in [1.54, 1.807) is 17.2 Å². The third-order valence-corrected chi connectivity index (χ3v) is 8.34. The van der Waals surface area contributed by atoms with Crippen LogP contribution in [0, 0.1) is 12.7 Å². The highest BCUT2D eigenvalue weighted by Gasteiger charge is 2.32. The van der Waals surface area contributed by atoms with Crippen molar-refractivity contribution >= 4 is 45.9 Å². The number of halogens is 1. The second-order valence-corrected chi connectivity index (χ2v) is 11.8. The Morgan fingerprint density at radius 3 is 2.30 bits per heavy atom. The van der Waals surface area contributed by atoms with Crippen LogP contribution in [0.15, 0.2) is 52.3 Å². The zero-order chi connectivity index (χ0) is 28.5. The second kappa shape index (κ2) is 14.6. The highest BCUT2D eigenvalue weighted by molar-refractivity contribution is 8.26. The van der Waals surface area contributed by atoms with E-state index in [2.05, 4.69) is 11.9 Å². The Kier molecular flexibility index (Phi) is 10.9. The molecule has 0 unspecified atom stereocenters. The SMILES string of the molecule is CCCCCCCCCCCCN1C(=O)/C(=C\c2c(Oc3ccc(F)cc3)nc3c(C)cccn3c2=O)SC1=S. The van der Waals surface area contributed by atoms with Gasteiger partial charge < -0.3 is 4.74 Å². The van der Waals surface area contributed by atoms with E-state index in [1.165, 1.54) is 91.4 Å². The summed E-state index contributed by atoms with van der Waals surface area (Å²) >= 11 is 6.70. The maximum atomic E-state index is 13.5. The fourth-order valence-corrected chi connectivity index (χ4v) is 5.98. The minimum Gasteiger partial charge on any atom is -0.438 e. The van der Waals surface area contributed by atoms with Crippen molar-refractivity contribution in [2.75, 3.05) is 6.54 Å². The van der Waals surface area contributed by atoms with Crippen molar-refractivity contribution in [2.24, 2.45) is 0 Å². The smallest absolute Gasteiger partial charge is 0.269 e. The summed E-state index contributed by atoms with van der Waals surface area (Å²) in [7, 11) is 0. The predicted molar refractivity (Wildman–Crippen MR) is 164 cm³/mol. The molecule has 0 saturated carbocycles. The van der Waals surface area contributed by atoms with E-state index in [9.17, 15) is 14.0 Å². The summed E-state index contributed by atoms with van der Waals surface area (Å²) in [5, 5.41) is 0. The Bertz CT molecular complexity index is 1440. The molecule has 1 aromatic carbocycles. The molecule has 6 nitrogen and oxygen atoms in total. The van der Waals surface area contributed by atoms with Crippen LogP contribution in [-0.2, 0) is 4.79 Å². The number of nitrogens with zero attached hydrogens (tertiary/aromatic N) is 3. The lowest BCUT2D eigenvalue weighted by Gasteiger charge is -2.14. The van der Waals surface area contributed by atoms with Gasteiger partial charge in [0.2, 0.25) is 5.88 Å². The number of benzene rings is 1. The summed E-state index contributed by atoms with van der Waals surface area (Å²) < 4.78 is 21.3. The van der Waals surface area contributed by atoms with Gasteiger partial charge in [-0.15, -0.1) is 0 Å². The molecule has 1 fully saturated rings. The van der Waals surface area contributed by atoms with Gasteiger partial charge in [-0.3, -0.25) is 18.9 Å². The molecule has 0 bridgehead atoms. The molecule has 3 heterocycles. The third kappa shape index (κ3) is 7.57. The topological polar surface area (TPSA) is 63.9 Å². The number of fused-ring (bicyclic) bond motifs is 1. The van der Waals surface area contributed by atoms with Crippen LogP contribution in [0.25, 0.3) is 11.7 Å². The van der Waals surface area contributed by atoms with Crippen molar-refractivity contribution in [3.8, 4) is 11.6 Å². The first kappa shape index (κ1) is 29.9. The predicted octanol–water partition coefficient (Wildman–Crippen LogP) is 8.06. The van der Waals surface area contributed by atoms with E-state index in [1.807, 2.05) is 13.0 Å². The normalized spacial score (nSPS) is 14.6. The first-order chi connectivity index (χ1) is 19.4. The Hall–Kier alpha value is -3.04. The van der Waals surface area contributed by atoms with Crippen LogP contribution in [-0.4, -0.2) is 31.1 Å². The Morgan fingerprint density at radius 2 is 1.62 bits per heavy atom. The number of aryl methyl sites for hydroxylation is 1. The number of carbonyl (C=O) groups is 1. The quantitative estimate of drug-likeness (QED) is 0.109. The lowest BCUT2D eigenvalue weighted by Crippen LogP contribution is -2.29. The van der Waals surface area contributed by atoms with Crippen LogP contribution in [0.2, 0.25) is 0 Å². The van der Waals surface area contributed by atoms with Gasteiger partial charge in [-0.1, -0.05) is 94.8 Å². The van der Waals surface area contributed by atoms with Crippen LogP contribution in [0.5, 0.6) is 11.6 Å². The van der Waals surface area contributed by atoms with Gasteiger partial charge in [0, 0.05) is 12.7 Å². The number of rotatable bonds is 14. The van der Waals surface area contributed by atoms with Gasteiger partial charge in [0.1, 0.15) is 27.1 Å². The highest BCUT2D eigenvalue weighted by atomic mass is 32.2. The van der Waals surface area contributed by atoms with Gasteiger partial charge in [0.05, 0.1) is 4.91 Å². The summed E-state index contributed by atoms with van der Waals surface area (Å²) in [5.41, 5.74) is 0.992. The van der Waals surface area contributed by atoms with Gasteiger partial charge >= 0.3 is 0 Å². The minimum atomic E-state index is -0.402. The summed E-state index contributed by atoms with van der Waals surface area (Å²) in [6, 6.07) is 9.09. The molecular formula is C31H36FN3O3S2. The van der Waals surface area contributed by atoms with Crippen LogP contribution in [0.3, 0.4) is 0 Å².